The van der Waals surface area contributed by atoms with Crippen molar-refractivity contribution in [1.82, 2.24) is 46.2 Å². The van der Waals surface area contributed by atoms with E-state index in [1.807, 2.05) is 33.8 Å². The van der Waals surface area contributed by atoms with E-state index in [-0.39, 0.29) is 99.2 Å². The van der Waals surface area contributed by atoms with E-state index >= 15 is 0 Å². The first-order valence-electron chi connectivity index (χ1n) is 33.7. The zero-order valence-corrected chi connectivity index (χ0v) is 57.2. The Balaban J connectivity index is 1.04. The van der Waals surface area contributed by atoms with Crippen LogP contribution >= 0.6 is 0 Å². The first-order valence-corrected chi connectivity index (χ1v) is 33.7. The molecule has 3 heterocycles. The number of nitrogens with zero attached hydrogens (tertiary/aromatic N) is 4. The van der Waals surface area contributed by atoms with Crippen LogP contribution in [-0.2, 0) is 75.2 Å². The summed E-state index contributed by atoms with van der Waals surface area (Å²) in [6, 6.07) is 8.00. The number of carbonyl (C=O) groups excluding carboxylic acids is 11. The number of imide groups is 1. The number of fused-ring (bicyclic) bond motifs is 2. The van der Waals surface area contributed by atoms with E-state index in [2.05, 4.69) is 31.9 Å². The van der Waals surface area contributed by atoms with Crippen molar-refractivity contribution in [1.29, 1.82) is 0 Å². The van der Waals surface area contributed by atoms with Crippen LogP contribution < -0.4 is 37.6 Å². The number of hydrogen-bond acceptors (Lipinski definition) is 15. The number of ether oxygens (including phenoxy) is 3. The van der Waals surface area contributed by atoms with Crippen molar-refractivity contribution in [2.75, 3.05) is 46.2 Å². The highest BCUT2D eigenvalue weighted by Crippen LogP contribution is 2.43. The number of likely N-dealkylation sites (N-methyl/N-ethyl adjacent to an activating group) is 1. The van der Waals surface area contributed by atoms with Gasteiger partial charge in [-0.1, -0.05) is 104 Å². The van der Waals surface area contributed by atoms with Crippen LogP contribution in [-0.4, -0.2) is 197 Å². The number of carbonyl (C=O) groups is 12. The summed E-state index contributed by atoms with van der Waals surface area (Å²) in [5.74, 6) is -7.20. The third-order valence-electron chi connectivity index (χ3n) is 19.1. The maximum Gasteiger partial charge on any atom is 0.411 e. The van der Waals surface area contributed by atoms with Crippen molar-refractivity contribution >= 4 is 76.9 Å². The third kappa shape index (κ3) is 20.8. The quantitative estimate of drug-likeness (QED) is 0.0340. The highest BCUT2D eigenvalue weighted by Gasteiger charge is 2.53. The minimum atomic E-state index is -1.19. The molecule has 2 bridgehead atoms. The Kier molecular flexibility index (Phi) is 29.2. The van der Waals surface area contributed by atoms with Gasteiger partial charge in [0, 0.05) is 77.6 Å². The number of primary amides is 1. The van der Waals surface area contributed by atoms with E-state index in [0.29, 0.717) is 75.6 Å². The Morgan fingerprint density at radius 2 is 1.41 bits per heavy atom. The first kappa shape index (κ1) is 76.6. The van der Waals surface area contributed by atoms with Crippen LogP contribution in [0.25, 0.3) is 0 Å². The molecule has 4 aliphatic rings. The van der Waals surface area contributed by atoms with E-state index in [4.69, 9.17) is 19.9 Å². The normalized spacial score (nSPS) is 20.1. The van der Waals surface area contributed by atoms with Crippen molar-refractivity contribution in [2.45, 2.75) is 206 Å². The molecule has 13 atom stereocenters. The average molecular weight is 1340 g/mol. The fourth-order valence-corrected chi connectivity index (χ4v) is 13.6. The molecule has 3 aliphatic heterocycles. The van der Waals surface area contributed by atoms with Gasteiger partial charge in [0.25, 0.3) is 11.8 Å². The molecule has 0 spiro atoms. The number of urea groups is 1. The summed E-state index contributed by atoms with van der Waals surface area (Å²) in [4.78, 5) is 166. The lowest BCUT2D eigenvalue weighted by Gasteiger charge is -2.41. The average Bonchev–Trinajstić information content (AvgIpc) is 1.60. The molecule has 2 aromatic rings. The van der Waals surface area contributed by atoms with Crippen LogP contribution in [0, 0.1) is 29.6 Å². The zero-order chi connectivity index (χ0) is 70.5. The number of rotatable bonds is 37. The predicted molar refractivity (Wildman–Crippen MR) is 354 cm³/mol. The van der Waals surface area contributed by atoms with E-state index in [9.17, 15) is 62.6 Å². The lowest BCUT2D eigenvalue weighted by Crippen LogP contribution is -2.60. The molecule has 27 heteroatoms. The maximum atomic E-state index is 14.9. The number of piperidine rings is 1. The molecule has 9 N–H and O–H groups in total. The number of unbranched alkanes of at least 4 members (excludes halogenated alkanes) is 2. The SMILES string of the molecule is CC[C@H](C)[C@@H]([C@@H](CC(=O)N1CCCC1[C@H](OC)[C@@H](C)C(=O)NC(Cc1ccccc1)C(=O)O)OC)N(C)C(=O)C(NC(=O)[C@@H]1[C@H]2CC[C@H](C2)N1C(=O)OCc1ccc(NC(=O)C(CCCNC(N)=O)NC(=O)C(NC(=O)CCCCCN2C(=O)C=CC2=O)C(C)C)cc1)C(C)C. The van der Waals surface area contributed by atoms with Crippen LogP contribution in [0.2, 0.25) is 0 Å². The van der Waals surface area contributed by atoms with Gasteiger partial charge in [-0.05, 0) is 105 Å². The fourth-order valence-electron chi connectivity index (χ4n) is 13.6. The first-order chi connectivity index (χ1) is 45.7. The molecule has 528 valence electrons. The number of aliphatic carboxylic acids is 1. The standard InChI is InChI=1S/C69H101N11O16/c1-11-42(6)59(52(94-9)38-56(84)78-35-19-23-51(78)61(95-10)43(7)62(85)74-50(67(90)91)36-44-20-14-12-15-21-44)77(8)66(89)58(41(4)5)76-65(88)60-46-27-30-48(37-46)80(60)69(93)96-39-45-25-28-47(29-26-45)72-63(86)49(22-18-33-71-68(70)92)73-64(87)57(40(2)3)75-53(81)24-16-13-17-34-79-54(82)31-32-55(79)83/h12,14-15,20-21,25-26,28-29,31-32,40-43,46,48-52,57-61H,11,13,16-19,22-24,27,30,33-39H2,1-10H3,(H,72,86)(H,73,87)(H,74,85)(H,75,81)(H,76,88)(H,90,91)(H3,70,71,92)/t42-,43+,46-,48+,49?,50?,51?,52+,57?,58?,59-,60-,61+/m0/s1. The number of carboxylic acid groups (broad SMARTS) is 1. The highest BCUT2D eigenvalue weighted by atomic mass is 16.6. The molecule has 96 heavy (non-hydrogen) atoms. The van der Waals surface area contributed by atoms with Gasteiger partial charge in [0.1, 0.15) is 36.8 Å². The van der Waals surface area contributed by atoms with Gasteiger partial charge in [-0.25, -0.2) is 14.4 Å². The second-order valence-electron chi connectivity index (χ2n) is 26.5. The van der Waals surface area contributed by atoms with E-state index in [1.165, 1.54) is 31.3 Å². The topological polar surface area (TPSA) is 364 Å². The molecule has 12 amide bonds. The molecule has 2 saturated heterocycles. The van der Waals surface area contributed by atoms with Crippen LogP contribution in [0.1, 0.15) is 143 Å². The number of likely N-dealkylation sites (tertiary alicyclic amines) is 2. The molecular formula is C69H101N11O16. The summed E-state index contributed by atoms with van der Waals surface area (Å²) in [5.41, 5.74) is 6.90. The van der Waals surface area contributed by atoms with E-state index in [0.717, 1.165) is 10.5 Å². The van der Waals surface area contributed by atoms with Gasteiger partial charge < -0.3 is 66.8 Å². The number of nitrogens with one attached hydrogen (secondary N) is 6. The van der Waals surface area contributed by atoms with Crippen LogP contribution in [0.4, 0.5) is 15.3 Å². The van der Waals surface area contributed by atoms with Gasteiger partial charge in [0.2, 0.25) is 41.4 Å². The Hall–Kier alpha value is -8.46. The Bertz CT molecular complexity index is 3060. The number of carboxylic acids is 1. The van der Waals surface area contributed by atoms with E-state index in [1.54, 1.807) is 86.1 Å². The monoisotopic (exact) mass is 1340 g/mol. The second kappa shape index (κ2) is 36.6. The summed E-state index contributed by atoms with van der Waals surface area (Å²) in [7, 11) is 4.59. The minimum Gasteiger partial charge on any atom is -0.480 e. The molecule has 2 aromatic carbocycles. The Labute approximate surface area is 562 Å². The molecule has 5 unspecified atom stereocenters. The number of anilines is 1. The number of benzene rings is 2. The smallest absolute Gasteiger partial charge is 0.411 e. The molecule has 6 rings (SSSR count). The molecule has 0 radical (unpaired) electrons. The highest BCUT2D eigenvalue weighted by molar-refractivity contribution is 6.12. The summed E-state index contributed by atoms with van der Waals surface area (Å²) in [6.45, 7) is 13.3. The summed E-state index contributed by atoms with van der Waals surface area (Å²) >= 11 is 0. The molecule has 3 fully saturated rings. The maximum absolute atomic E-state index is 14.9. The van der Waals surface area contributed by atoms with E-state index < -0.39 is 114 Å². The van der Waals surface area contributed by atoms with Gasteiger partial charge in [-0.2, -0.15) is 0 Å². The fraction of sp³-hybridized carbons (Fsp3) is 0.623. The van der Waals surface area contributed by atoms with Crippen molar-refractivity contribution in [3.63, 3.8) is 0 Å². The number of amides is 12. The van der Waals surface area contributed by atoms with Gasteiger partial charge in [0.05, 0.1) is 36.6 Å². The van der Waals surface area contributed by atoms with Crippen LogP contribution in [0.15, 0.2) is 66.7 Å². The summed E-state index contributed by atoms with van der Waals surface area (Å²) in [6.07, 6.45) is 5.73. The van der Waals surface area contributed by atoms with Gasteiger partial charge in [0.15, 0.2) is 0 Å². The molecule has 27 nitrogen and oxygen atoms in total. The number of hydrogen-bond donors (Lipinski definition) is 8. The Morgan fingerprint density at radius 1 is 0.740 bits per heavy atom. The number of nitrogens with two attached hydrogens (primary N) is 1. The van der Waals surface area contributed by atoms with Gasteiger partial charge in [-0.3, -0.25) is 53.0 Å². The van der Waals surface area contributed by atoms with Crippen molar-refractivity contribution < 1.29 is 76.9 Å². The molecule has 1 saturated carbocycles. The molecule has 0 aromatic heterocycles. The summed E-state index contributed by atoms with van der Waals surface area (Å²) < 4.78 is 17.9. The molecule has 1 aliphatic carbocycles. The van der Waals surface area contributed by atoms with Crippen LogP contribution in [0.5, 0.6) is 0 Å². The second-order valence-corrected chi connectivity index (χ2v) is 26.5. The predicted octanol–water partition coefficient (Wildman–Crippen LogP) is 4.55. The number of methoxy groups -OCH3 is 2. The lowest BCUT2D eigenvalue weighted by atomic mass is 9.89. The Morgan fingerprint density at radius 3 is 2.02 bits per heavy atom. The minimum absolute atomic E-state index is 0.0793. The zero-order valence-electron chi connectivity index (χ0n) is 57.2. The van der Waals surface area contributed by atoms with Crippen LogP contribution in [0.3, 0.4) is 0 Å². The van der Waals surface area contributed by atoms with Gasteiger partial charge in [-0.15, -0.1) is 0 Å². The van der Waals surface area contributed by atoms with Gasteiger partial charge >= 0.3 is 18.1 Å². The third-order valence-corrected chi connectivity index (χ3v) is 19.1. The van der Waals surface area contributed by atoms with Crippen molar-refractivity contribution in [3.05, 3.63) is 77.9 Å². The lowest BCUT2D eigenvalue weighted by molar-refractivity contribution is -0.148. The summed E-state index contributed by atoms with van der Waals surface area (Å²) in [5, 5.41) is 26.5. The van der Waals surface area contributed by atoms with Crippen molar-refractivity contribution in [3.8, 4) is 0 Å². The van der Waals surface area contributed by atoms with Crippen molar-refractivity contribution in [2.24, 2.45) is 35.3 Å². The molecular weight excluding hydrogens is 1240 g/mol. The largest absolute Gasteiger partial charge is 0.480 e.